The minimum Gasteiger partial charge on any atom is -0.481 e. The summed E-state index contributed by atoms with van der Waals surface area (Å²) in [7, 11) is 0. The van der Waals surface area contributed by atoms with Gasteiger partial charge in [0.2, 0.25) is 0 Å². The van der Waals surface area contributed by atoms with Crippen molar-refractivity contribution in [2.24, 2.45) is 11.3 Å². The van der Waals surface area contributed by atoms with E-state index in [1.165, 1.54) is 54.2 Å². The number of aliphatic carboxylic acids is 2. The number of carbonyl (C=O) groups excluding carboxylic acids is 1. The largest absolute Gasteiger partial charge is 0.481 e. The molecule has 0 saturated carbocycles. The molecule has 152 valence electrons. The number of aromatic nitrogens is 2. The van der Waals surface area contributed by atoms with Crippen molar-refractivity contribution in [2.75, 3.05) is 0 Å². The second kappa shape index (κ2) is 7.25. The first-order chi connectivity index (χ1) is 13.6. The molecule has 0 radical (unpaired) electrons. The molecule has 8 nitrogen and oxygen atoms in total. The monoisotopic (exact) mass is 402 g/mol. The Morgan fingerprint density at radius 3 is 2.41 bits per heavy atom. The Hall–Kier alpha value is -3.33. The summed E-state index contributed by atoms with van der Waals surface area (Å²) in [6.07, 6.45) is 3.05. The van der Waals surface area contributed by atoms with Gasteiger partial charge in [0.15, 0.2) is 11.4 Å². The van der Waals surface area contributed by atoms with Crippen LogP contribution in [0.3, 0.4) is 0 Å². The summed E-state index contributed by atoms with van der Waals surface area (Å²) < 4.78 is 14.4. The number of halogens is 1. The molecule has 1 aliphatic carbocycles. The Morgan fingerprint density at radius 1 is 1.17 bits per heavy atom. The predicted molar refractivity (Wildman–Crippen MR) is 97.6 cm³/mol. The van der Waals surface area contributed by atoms with Gasteiger partial charge in [-0.3, -0.25) is 14.3 Å². The van der Waals surface area contributed by atoms with E-state index in [4.69, 9.17) is 0 Å². The summed E-state index contributed by atoms with van der Waals surface area (Å²) in [6, 6.07) is 6.96. The van der Waals surface area contributed by atoms with Crippen molar-refractivity contribution in [1.29, 1.82) is 0 Å². The Morgan fingerprint density at radius 2 is 1.83 bits per heavy atom. The fourth-order valence-electron chi connectivity index (χ4n) is 3.45. The number of hydrogen-bond donors (Lipinski definition) is 3. The van der Waals surface area contributed by atoms with E-state index in [2.05, 4.69) is 5.10 Å². The number of carboxylic acids is 2. The molecule has 29 heavy (non-hydrogen) atoms. The molecule has 1 aromatic heterocycles. The van der Waals surface area contributed by atoms with Gasteiger partial charge in [0.05, 0.1) is 17.9 Å². The molecule has 0 amide bonds. The van der Waals surface area contributed by atoms with Crippen molar-refractivity contribution in [1.82, 2.24) is 9.78 Å². The van der Waals surface area contributed by atoms with Crippen molar-refractivity contribution < 1.29 is 34.1 Å². The Balaban J connectivity index is 1.95. The molecule has 0 bridgehead atoms. The molecule has 3 atom stereocenters. The molecule has 1 aliphatic rings. The van der Waals surface area contributed by atoms with Gasteiger partial charge in [-0.2, -0.15) is 5.10 Å². The highest BCUT2D eigenvalue weighted by Crippen LogP contribution is 2.41. The highest BCUT2D eigenvalue weighted by atomic mass is 19.1. The molecule has 3 rings (SSSR count). The molecule has 3 unspecified atom stereocenters. The van der Waals surface area contributed by atoms with E-state index in [1.54, 1.807) is 0 Å². The zero-order chi connectivity index (χ0) is 21.4. The van der Waals surface area contributed by atoms with Crippen LogP contribution in [0.1, 0.15) is 29.4 Å². The second-order valence-corrected chi connectivity index (χ2v) is 7.33. The van der Waals surface area contributed by atoms with E-state index in [-0.39, 0.29) is 12.2 Å². The normalized spacial score (nSPS) is 26.2. The Bertz CT molecular complexity index is 999. The Kier molecular flexibility index (Phi) is 5.10. The molecule has 9 heteroatoms. The third-order valence-corrected chi connectivity index (χ3v) is 5.16. The first-order valence-electron chi connectivity index (χ1n) is 8.76. The fraction of sp³-hybridized carbons (Fsp3) is 0.300. The van der Waals surface area contributed by atoms with Crippen LogP contribution in [-0.4, -0.2) is 48.4 Å². The molecule has 0 aliphatic heterocycles. The predicted octanol–water partition coefficient (Wildman–Crippen LogP) is 1.74. The quantitative estimate of drug-likeness (QED) is 0.496. The van der Waals surface area contributed by atoms with Crippen LogP contribution in [0, 0.1) is 17.2 Å². The lowest BCUT2D eigenvalue weighted by atomic mass is 9.66. The summed E-state index contributed by atoms with van der Waals surface area (Å²) in [4.78, 5) is 36.4. The standard InChI is InChI=1S/C20H19FN2O6/c1-19(17(25)26)8-6-14(20(29,11-19)18(27)28)16(24)15-7-9-22-23(15)10-12-2-4-13(21)5-3-12/h2-9,14,29H,10-11H2,1H3,(H,25,26)(H,27,28). The molecular weight excluding hydrogens is 383 g/mol. The summed E-state index contributed by atoms with van der Waals surface area (Å²) >= 11 is 0. The van der Waals surface area contributed by atoms with Crippen LogP contribution in [0.4, 0.5) is 4.39 Å². The van der Waals surface area contributed by atoms with Crippen LogP contribution >= 0.6 is 0 Å². The second-order valence-electron chi connectivity index (χ2n) is 7.33. The van der Waals surface area contributed by atoms with Gasteiger partial charge in [-0.25, -0.2) is 9.18 Å². The van der Waals surface area contributed by atoms with Crippen LogP contribution in [0.15, 0.2) is 48.7 Å². The number of hydrogen-bond acceptors (Lipinski definition) is 5. The van der Waals surface area contributed by atoms with Gasteiger partial charge < -0.3 is 15.3 Å². The minimum absolute atomic E-state index is 0.0441. The highest BCUT2D eigenvalue weighted by molar-refractivity contribution is 6.02. The van der Waals surface area contributed by atoms with Crippen molar-refractivity contribution in [3.8, 4) is 0 Å². The van der Waals surface area contributed by atoms with Gasteiger partial charge in [-0.1, -0.05) is 24.3 Å². The maximum atomic E-state index is 13.1. The van der Waals surface area contributed by atoms with E-state index >= 15 is 0 Å². The lowest BCUT2D eigenvalue weighted by molar-refractivity contribution is -0.169. The van der Waals surface area contributed by atoms with Crippen molar-refractivity contribution in [3.05, 3.63) is 65.8 Å². The number of rotatable bonds is 6. The smallest absolute Gasteiger partial charge is 0.336 e. The Labute approximate surface area is 164 Å². The molecule has 0 spiro atoms. The maximum absolute atomic E-state index is 13.1. The molecule has 0 fully saturated rings. The third kappa shape index (κ3) is 3.68. The lowest BCUT2D eigenvalue weighted by Gasteiger charge is -2.39. The summed E-state index contributed by atoms with van der Waals surface area (Å²) in [5, 5.41) is 33.8. The van der Waals surface area contributed by atoms with Crippen LogP contribution in [0.25, 0.3) is 0 Å². The van der Waals surface area contributed by atoms with E-state index < -0.39 is 46.9 Å². The molecule has 3 N–H and O–H groups in total. The maximum Gasteiger partial charge on any atom is 0.336 e. The number of Topliss-reactive ketones (excluding diaryl/α,β-unsaturated/α-hetero) is 1. The van der Waals surface area contributed by atoms with E-state index in [1.807, 2.05) is 0 Å². The number of carboxylic acid groups (broad SMARTS) is 2. The van der Waals surface area contributed by atoms with Crippen LogP contribution in [-0.2, 0) is 16.1 Å². The fourth-order valence-corrected chi connectivity index (χ4v) is 3.45. The van der Waals surface area contributed by atoms with Gasteiger partial charge in [0.25, 0.3) is 0 Å². The van der Waals surface area contributed by atoms with E-state index in [0.29, 0.717) is 5.56 Å². The van der Waals surface area contributed by atoms with Crippen LogP contribution < -0.4 is 0 Å². The van der Waals surface area contributed by atoms with Crippen molar-refractivity contribution in [2.45, 2.75) is 25.5 Å². The van der Waals surface area contributed by atoms with Crippen molar-refractivity contribution >= 4 is 17.7 Å². The highest BCUT2D eigenvalue weighted by Gasteiger charge is 2.55. The first kappa shape index (κ1) is 20.4. The van der Waals surface area contributed by atoms with Gasteiger partial charge >= 0.3 is 11.9 Å². The molecule has 1 heterocycles. The van der Waals surface area contributed by atoms with Crippen LogP contribution in [0.5, 0.6) is 0 Å². The topological polar surface area (TPSA) is 130 Å². The molecular formula is C20H19FN2O6. The molecule has 1 aromatic carbocycles. The number of benzene rings is 1. The number of aliphatic hydroxyl groups is 1. The molecule has 2 aromatic rings. The zero-order valence-corrected chi connectivity index (χ0v) is 15.4. The van der Waals surface area contributed by atoms with E-state index in [9.17, 15) is 34.1 Å². The lowest BCUT2D eigenvalue weighted by Crippen LogP contribution is -2.55. The summed E-state index contributed by atoms with van der Waals surface area (Å²) in [5.41, 5.74) is -3.51. The zero-order valence-electron chi connectivity index (χ0n) is 15.4. The van der Waals surface area contributed by atoms with Gasteiger partial charge in [-0.15, -0.1) is 0 Å². The van der Waals surface area contributed by atoms with E-state index in [0.717, 1.165) is 6.08 Å². The minimum atomic E-state index is -2.59. The van der Waals surface area contributed by atoms with Gasteiger partial charge in [-0.05, 0) is 30.7 Å². The summed E-state index contributed by atoms with van der Waals surface area (Å²) in [6.45, 7) is 1.41. The average molecular weight is 402 g/mol. The van der Waals surface area contributed by atoms with Crippen molar-refractivity contribution in [3.63, 3.8) is 0 Å². The number of carbonyl (C=O) groups is 3. The molecule has 0 saturated heterocycles. The van der Waals surface area contributed by atoms with Gasteiger partial charge in [0, 0.05) is 12.6 Å². The first-order valence-corrected chi connectivity index (χ1v) is 8.76. The summed E-state index contributed by atoms with van der Waals surface area (Å²) in [5.74, 6) is -5.60. The van der Waals surface area contributed by atoms with Gasteiger partial charge in [0.1, 0.15) is 11.5 Å². The average Bonchev–Trinajstić information content (AvgIpc) is 3.11. The number of ketones is 1. The number of nitrogens with zero attached hydrogens (tertiary/aromatic N) is 2. The third-order valence-electron chi connectivity index (χ3n) is 5.16. The SMILES string of the molecule is CC1(C(=O)O)C=CC(C(=O)c2ccnn2Cc2ccc(F)cc2)C(O)(C(=O)O)C1. The van der Waals surface area contributed by atoms with Crippen LogP contribution in [0.2, 0.25) is 0 Å².